The highest BCUT2D eigenvalue weighted by Crippen LogP contribution is 2.33. The molecule has 0 aromatic carbocycles. The lowest BCUT2D eigenvalue weighted by atomic mass is 10.1. The molecule has 3 nitrogen and oxygen atoms in total. The van der Waals surface area contributed by atoms with Gasteiger partial charge in [0, 0.05) is 28.9 Å². The fourth-order valence-corrected chi connectivity index (χ4v) is 3.96. The zero-order valence-corrected chi connectivity index (χ0v) is 12.0. The fourth-order valence-electron chi connectivity index (χ4n) is 2.95. The summed E-state index contributed by atoms with van der Waals surface area (Å²) in [5.41, 5.74) is 6.00. The Morgan fingerprint density at radius 1 is 1.56 bits per heavy atom. The van der Waals surface area contributed by atoms with Crippen molar-refractivity contribution in [2.75, 3.05) is 19.7 Å². The first-order valence-electron chi connectivity index (χ1n) is 6.89. The predicted octanol–water partition coefficient (Wildman–Crippen LogP) is 2.29. The van der Waals surface area contributed by atoms with Crippen molar-refractivity contribution in [3.05, 3.63) is 21.9 Å². The second-order valence-corrected chi connectivity index (χ2v) is 6.42. The standard InChI is InChI=1S/C14H24N2OS/c1-11-6-7-14(18-11)13(10-15)16-8-2-4-12(16)5-3-9-17/h6-7,12-13,17H,2-5,8-10,15H2,1H3. The van der Waals surface area contributed by atoms with E-state index in [1.165, 1.54) is 22.6 Å². The molecule has 0 aliphatic carbocycles. The number of aliphatic hydroxyl groups excluding tert-OH is 1. The number of aryl methyl sites for hydroxylation is 1. The van der Waals surface area contributed by atoms with Gasteiger partial charge in [0.25, 0.3) is 0 Å². The molecule has 1 saturated heterocycles. The Balaban J connectivity index is 2.06. The van der Waals surface area contributed by atoms with E-state index in [4.69, 9.17) is 10.8 Å². The van der Waals surface area contributed by atoms with Crippen LogP contribution in [0.25, 0.3) is 0 Å². The van der Waals surface area contributed by atoms with E-state index in [1.54, 1.807) is 0 Å². The lowest BCUT2D eigenvalue weighted by molar-refractivity contribution is 0.167. The Labute approximate surface area is 114 Å². The minimum absolute atomic E-state index is 0.301. The minimum atomic E-state index is 0.301. The molecule has 2 unspecified atom stereocenters. The summed E-state index contributed by atoms with van der Waals surface area (Å²) >= 11 is 1.86. The van der Waals surface area contributed by atoms with Crippen molar-refractivity contribution in [3.63, 3.8) is 0 Å². The second kappa shape index (κ2) is 6.66. The van der Waals surface area contributed by atoms with Crippen LogP contribution < -0.4 is 5.73 Å². The van der Waals surface area contributed by atoms with Crippen LogP contribution in [0.2, 0.25) is 0 Å². The van der Waals surface area contributed by atoms with Crippen molar-refractivity contribution < 1.29 is 5.11 Å². The minimum Gasteiger partial charge on any atom is -0.396 e. The summed E-state index contributed by atoms with van der Waals surface area (Å²) in [6.07, 6.45) is 4.51. The molecule has 2 heterocycles. The maximum atomic E-state index is 8.99. The molecule has 1 fully saturated rings. The molecule has 2 atom stereocenters. The monoisotopic (exact) mass is 268 g/mol. The summed E-state index contributed by atoms with van der Waals surface area (Å²) in [6.45, 7) is 4.29. The van der Waals surface area contributed by atoms with Gasteiger partial charge in [-0.2, -0.15) is 0 Å². The molecule has 0 bridgehead atoms. The molecule has 1 aliphatic rings. The largest absolute Gasteiger partial charge is 0.396 e. The summed E-state index contributed by atoms with van der Waals surface area (Å²) in [5, 5.41) is 8.99. The topological polar surface area (TPSA) is 49.5 Å². The predicted molar refractivity (Wildman–Crippen MR) is 76.9 cm³/mol. The molecular weight excluding hydrogens is 244 g/mol. The number of rotatable bonds is 6. The third-order valence-electron chi connectivity index (χ3n) is 3.83. The van der Waals surface area contributed by atoms with Gasteiger partial charge < -0.3 is 10.8 Å². The fraction of sp³-hybridized carbons (Fsp3) is 0.714. The van der Waals surface area contributed by atoms with Crippen molar-refractivity contribution in [1.29, 1.82) is 0 Å². The van der Waals surface area contributed by atoms with Crippen LogP contribution in [0.3, 0.4) is 0 Å². The van der Waals surface area contributed by atoms with E-state index in [2.05, 4.69) is 24.0 Å². The Morgan fingerprint density at radius 2 is 2.39 bits per heavy atom. The number of nitrogens with zero attached hydrogens (tertiary/aromatic N) is 1. The van der Waals surface area contributed by atoms with Gasteiger partial charge in [0.05, 0.1) is 6.04 Å². The molecule has 1 aromatic heterocycles. The van der Waals surface area contributed by atoms with Crippen molar-refractivity contribution >= 4 is 11.3 Å². The highest BCUT2D eigenvalue weighted by Gasteiger charge is 2.30. The van der Waals surface area contributed by atoms with E-state index < -0.39 is 0 Å². The Bertz CT molecular complexity index is 366. The molecule has 102 valence electrons. The van der Waals surface area contributed by atoms with Gasteiger partial charge in [-0.3, -0.25) is 4.90 Å². The lowest BCUT2D eigenvalue weighted by Gasteiger charge is -2.31. The molecule has 4 heteroatoms. The van der Waals surface area contributed by atoms with E-state index in [0.717, 1.165) is 19.4 Å². The van der Waals surface area contributed by atoms with E-state index >= 15 is 0 Å². The first-order chi connectivity index (χ1) is 8.76. The van der Waals surface area contributed by atoms with Crippen LogP contribution in [0.5, 0.6) is 0 Å². The molecule has 1 aromatic rings. The van der Waals surface area contributed by atoms with E-state index in [1.807, 2.05) is 11.3 Å². The number of hydrogen-bond donors (Lipinski definition) is 2. The van der Waals surface area contributed by atoms with E-state index in [-0.39, 0.29) is 0 Å². The third-order valence-corrected chi connectivity index (χ3v) is 4.93. The molecule has 18 heavy (non-hydrogen) atoms. The molecule has 0 saturated carbocycles. The van der Waals surface area contributed by atoms with Gasteiger partial charge in [-0.15, -0.1) is 11.3 Å². The summed E-state index contributed by atoms with van der Waals surface area (Å²) in [5.74, 6) is 0. The van der Waals surface area contributed by atoms with Crippen LogP contribution in [-0.4, -0.2) is 35.7 Å². The summed E-state index contributed by atoms with van der Waals surface area (Å²) < 4.78 is 0. The average Bonchev–Trinajstić information content (AvgIpc) is 2.98. The SMILES string of the molecule is Cc1ccc(C(CN)N2CCCC2CCCO)s1. The van der Waals surface area contributed by atoms with Crippen LogP contribution in [0.1, 0.15) is 41.5 Å². The normalized spacial score (nSPS) is 22.5. The van der Waals surface area contributed by atoms with Gasteiger partial charge in [-0.05, 0) is 51.3 Å². The van der Waals surface area contributed by atoms with Crippen LogP contribution in [0.15, 0.2) is 12.1 Å². The first-order valence-corrected chi connectivity index (χ1v) is 7.71. The zero-order valence-electron chi connectivity index (χ0n) is 11.1. The molecular formula is C14H24N2OS. The second-order valence-electron chi connectivity index (χ2n) is 5.10. The maximum absolute atomic E-state index is 8.99. The Hall–Kier alpha value is -0.420. The van der Waals surface area contributed by atoms with Crippen molar-refractivity contribution in [2.45, 2.75) is 44.7 Å². The molecule has 0 amide bonds. The van der Waals surface area contributed by atoms with Crippen molar-refractivity contribution in [1.82, 2.24) is 4.90 Å². The lowest BCUT2D eigenvalue weighted by Crippen LogP contribution is -2.37. The third kappa shape index (κ3) is 3.12. The number of aliphatic hydroxyl groups is 1. The number of thiophene rings is 1. The Morgan fingerprint density at radius 3 is 3.00 bits per heavy atom. The zero-order chi connectivity index (χ0) is 13.0. The molecule has 3 N–H and O–H groups in total. The van der Waals surface area contributed by atoms with Gasteiger partial charge in [-0.25, -0.2) is 0 Å². The van der Waals surface area contributed by atoms with Gasteiger partial charge >= 0.3 is 0 Å². The van der Waals surface area contributed by atoms with Crippen LogP contribution >= 0.6 is 11.3 Å². The Kier molecular flexibility index (Phi) is 5.18. The van der Waals surface area contributed by atoms with Crippen molar-refractivity contribution in [2.24, 2.45) is 5.73 Å². The summed E-state index contributed by atoms with van der Waals surface area (Å²) in [7, 11) is 0. The smallest absolute Gasteiger partial charge is 0.0566 e. The van der Waals surface area contributed by atoms with Crippen LogP contribution in [-0.2, 0) is 0 Å². The number of likely N-dealkylation sites (tertiary alicyclic amines) is 1. The molecule has 2 rings (SSSR count). The number of hydrogen-bond acceptors (Lipinski definition) is 4. The number of nitrogens with two attached hydrogens (primary N) is 1. The van der Waals surface area contributed by atoms with Gasteiger partial charge in [-0.1, -0.05) is 0 Å². The molecule has 1 aliphatic heterocycles. The first kappa shape index (κ1) is 14.0. The molecule has 0 radical (unpaired) electrons. The highest BCUT2D eigenvalue weighted by atomic mass is 32.1. The van der Waals surface area contributed by atoms with Gasteiger partial charge in [0.2, 0.25) is 0 Å². The van der Waals surface area contributed by atoms with Crippen LogP contribution in [0.4, 0.5) is 0 Å². The van der Waals surface area contributed by atoms with Gasteiger partial charge in [0.1, 0.15) is 0 Å². The highest BCUT2D eigenvalue weighted by molar-refractivity contribution is 7.12. The summed E-state index contributed by atoms with van der Waals surface area (Å²) in [4.78, 5) is 5.31. The quantitative estimate of drug-likeness (QED) is 0.832. The summed E-state index contributed by atoms with van der Waals surface area (Å²) in [6, 6.07) is 5.38. The van der Waals surface area contributed by atoms with E-state index in [9.17, 15) is 0 Å². The van der Waals surface area contributed by atoms with Gasteiger partial charge in [0.15, 0.2) is 0 Å². The average molecular weight is 268 g/mol. The molecule has 0 spiro atoms. The van der Waals surface area contributed by atoms with Crippen LogP contribution in [0, 0.1) is 6.92 Å². The van der Waals surface area contributed by atoms with Crippen molar-refractivity contribution in [3.8, 4) is 0 Å². The van der Waals surface area contributed by atoms with E-state index in [0.29, 0.717) is 25.2 Å². The maximum Gasteiger partial charge on any atom is 0.0566 e.